The first-order valence-electron chi connectivity index (χ1n) is 6.82. The van der Waals surface area contributed by atoms with E-state index in [4.69, 9.17) is 15.2 Å². The van der Waals surface area contributed by atoms with Crippen LogP contribution in [0, 0.1) is 0 Å². The second kappa shape index (κ2) is 7.17. The van der Waals surface area contributed by atoms with E-state index in [1.165, 1.54) is 18.4 Å². The molecule has 1 aliphatic rings. The molecule has 0 radical (unpaired) electrons. The summed E-state index contributed by atoms with van der Waals surface area (Å²) in [5, 5.41) is 0. The summed E-state index contributed by atoms with van der Waals surface area (Å²) in [5.74, 6) is 2.96. The van der Waals surface area contributed by atoms with E-state index >= 15 is 0 Å². The number of methoxy groups -OCH3 is 1. The average Bonchev–Trinajstić information content (AvgIpc) is 2.91. The number of benzene rings is 1. The molecule has 2 rings (SSSR count). The molecule has 19 heavy (non-hydrogen) atoms. The first-order chi connectivity index (χ1) is 9.20. The summed E-state index contributed by atoms with van der Waals surface area (Å²) >= 11 is 1.91. The predicted molar refractivity (Wildman–Crippen MR) is 80.7 cm³/mol. The van der Waals surface area contributed by atoms with Crippen molar-refractivity contribution in [1.29, 1.82) is 0 Å². The lowest BCUT2D eigenvalue weighted by Crippen LogP contribution is -2.08. The van der Waals surface area contributed by atoms with E-state index in [1.54, 1.807) is 7.11 Å². The van der Waals surface area contributed by atoms with Gasteiger partial charge >= 0.3 is 0 Å². The largest absolute Gasteiger partial charge is 0.496 e. The number of hydrogen-bond donors (Lipinski definition) is 1. The maximum absolute atomic E-state index is 5.93. The molecule has 0 saturated carbocycles. The van der Waals surface area contributed by atoms with E-state index in [1.807, 2.05) is 30.8 Å². The van der Waals surface area contributed by atoms with Gasteiger partial charge in [-0.25, -0.2) is 0 Å². The number of hydrogen-bond acceptors (Lipinski definition) is 4. The molecule has 4 heteroatoms. The molecule has 0 aromatic heterocycles. The Balaban J connectivity index is 1.94. The molecular weight excluding hydrogens is 258 g/mol. The lowest BCUT2D eigenvalue weighted by molar-refractivity contribution is 0.129. The Hall–Kier alpha value is -0.710. The molecule has 0 bridgehead atoms. The van der Waals surface area contributed by atoms with E-state index in [0.29, 0.717) is 6.10 Å². The van der Waals surface area contributed by atoms with Crippen molar-refractivity contribution < 1.29 is 9.47 Å². The van der Waals surface area contributed by atoms with E-state index < -0.39 is 0 Å². The highest BCUT2D eigenvalue weighted by atomic mass is 32.2. The molecule has 3 nitrogen and oxygen atoms in total. The SMILES string of the molecule is COc1ccc(C(C)N)cc1CSCC1CCCO1. The maximum atomic E-state index is 5.93. The van der Waals surface area contributed by atoms with Gasteiger partial charge in [-0.15, -0.1) is 0 Å². The lowest BCUT2D eigenvalue weighted by Gasteiger charge is -2.14. The van der Waals surface area contributed by atoms with Crippen LogP contribution in [0.15, 0.2) is 18.2 Å². The normalized spacial score (nSPS) is 20.5. The van der Waals surface area contributed by atoms with Crippen molar-refractivity contribution in [2.75, 3.05) is 19.5 Å². The highest BCUT2D eigenvalue weighted by Crippen LogP contribution is 2.28. The Morgan fingerprint density at radius 2 is 2.37 bits per heavy atom. The molecule has 1 aliphatic heterocycles. The fourth-order valence-electron chi connectivity index (χ4n) is 2.27. The number of thioether (sulfide) groups is 1. The minimum atomic E-state index is 0.0628. The van der Waals surface area contributed by atoms with Crippen molar-refractivity contribution in [2.45, 2.75) is 37.7 Å². The molecule has 2 N–H and O–H groups in total. The summed E-state index contributed by atoms with van der Waals surface area (Å²) in [7, 11) is 1.72. The lowest BCUT2D eigenvalue weighted by atomic mass is 10.1. The van der Waals surface area contributed by atoms with Gasteiger partial charge in [0.15, 0.2) is 0 Å². The van der Waals surface area contributed by atoms with Crippen molar-refractivity contribution in [3.63, 3.8) is 0 Å². The molecule has 0 aliphatic carbocycles. The number of rotatable bonds is 6. The van der Waals surface area contributed by atoms with Crippen molar-refractivity contribution in [2.24, 2.45) is 5.73 Å². The first-order valence-corrected chi connectivity index (χ1v) is 7.98. The van der Waals surface area contributed by atoms with Crippen LogP contribution in [-0.4, -0.2) is 25.6 Å². The Bertz CT molecular complexity index is 403. The summed E-state index contributed by atoms with van der Waals surface area (Å²) < 4.78 is 11.1. The monoisotopic (exact) mass is 281 g/mol. The van der Waals surface area contributed by atoms with E-state index in [-0.39, 0.29) is 6.04 Å². The third kappa shape index (κ3) is 4.13. The average molecular weight is 281 g/mol. The minimum absolute atomic E-state index is 0.0628. The first kappa shape index (κ1) is 14.7. The van der Waals surface area contributed by atoms with Crippen LogP contribution in [0.4, 0.5) is 0 Å². The fraction of sp³-hybridized carbons (Fsp3) is 0.600. The standard InChI is InChI=1S/C15H23NO2S/c1-11(16)12-5-6-15(17-2)13(8-12)9-19-10-14-4-3-7-18-14/h5-6,8,11,14H,3-4,7,9-10,16H2,1-2H3. The molecule has 2 unspecified atom stereocenters. The molecule has 1 heterocycles. The van der Waals surface area contributed by atoms with Crippen LogP contribution in [-0.2, 0) is 10.5 Å². The number of ether oxygens (including phenoxy) is 2. The second-order valence-corrected chi connectivity index (χ2v) is 6.04. The molecule has 0 spiro atoms. The number of nitrogens with two attached hydrogens (primary N) is 1. The zero-order valence-electron chi connectivity index (χ0n) is 11.7. The van der Waals surface area contributed by atoms with Crippen molar-refractivity contribution >= 4 is 11.8 Å². The predicted octanol–water partition coefficient (Wildman–Crippen LogP) is 3.13. The van der Waals surface area contributed by atoms with Gasteiger partial charge in [0, 0.05) is 29.7 Å². The van der Waals surface area contributed by atoms with Crippen LogP contribution in [0.3, 0.4) is 0 Å². The van der Waals surface area contributed by atoms with E-state index in [0.717, 1.165) is 29.4 Å². The smallest absolute Gasteiger partial charge is 0.122 e. The molecule has 2 atom stereocenters. The molecular formula is C15H23NO2S. The van der Waals surface area contributed by atoms with Crippen LogP contribution < -0.4 is 10.5 Å². The highest BCUT2D eigenvalue weighted by molar-refractivity contribution is 7.98. The van der Waals surface area contributed by atoms with Crippen LogP contribution in [0.1, 0.15) is 36.9 Å². The van der Waals surface area contributed by atoms with E-state index in [9.17, 15) is 0 Å². The summed E-state index contributed by atoms with van der Waals surface area (Å²) in [6.07, 6.45) is 2.84. The van der Waals surface area contributed by atoms with Crippen molar-refractivity contribution in [3.8, 4) is 5.75 Å². The van der Waals surface area contributed by atoms with Gasteiger partial charge in [0.1, 0.15) is 5.75 Å². The van der Waals surface area contributed by atoms with Gasteiger partial charge < -0.3 is 15.2 Å². The third-order valence-corrected chi connectivity index (χ3v) is 4.54. The van der Waals surface area contributed by atoms with E-state index in [2.05, 4.69) is 6.07 Å². The van der Waals surface area contributed by atoms with Crippen LogP contribution in [0.2, 0.25) is 0 Å². The van der Waals surface area contributed by atoms with Gasteiger partial charge in [0.2, 0.25) is 0 Å². The summed E-state index contributed by atoms with van der Waals surface area (Å²) in [6, 6.07) is 6.28. The summed E-state index contributed by atoms with van der Waals surface area (Å²) in [6.45, 7) is 2.93. The zero-order chi connectivity index (χ0) is 13.7. The second-order valence-electron chi connectivity index (χ2n) is 5.01. The Kier molecular flexibility index (Phi) is 5.55. The Labute approximate surface area is 119 Å². The van der Waals surface area contributed by atoms with Gasteiger partial charge in [-0.3, -0.25) is 0 Å². The van der Waals surface area contributed by atoms with Crippen LogP contribution >= 0.6 is 11.8 Å². The van der Waals surface area contributed by atoms with Gasteiger partial charge in [-0.1, -0.05) is 6.07 Å². The fourth-order valence-corrected chi connectivity index (χ4v) is 3.36. The quantitative estimate of drug-likeness (QED) is 0.870. The highest BCUT2D eigenvalue weighted by Gasteiger charge is 2.15. The molecule has 1 saturated heterocycles. The maximum Gasteiger partial charge on any atom is 0.122 e. The third-order valence-electron chi connectivity index (χ3n) is 3.42. The molecule has 106 valence electrons. The minimum Gasteiger partial charge on any atom is -0.496 e. The summed E-state index contributed by atoms with van der Waals surface area (Å²) in [5.41, 5.74) is 8.32. The van der Waals surface area contributed by atoms with Gasteiger partial charge in [-0.2, -0.15) is 11.8 Å². The van der Waals surface area contributed by atoms with Crippen LogP contribution in [0.5, 0.6) is 5.75 Å². The Morgan fingerprint density at radius 1 is 1.53 bits per heavy atom. The van der Waals surface area contributed by atoms with Crippen LogP contribution in [0.25, 0.3) is 0 Å². The Morgan fingerprint density at radius 3 is 3.00 bits per heavy atom. The van der Waals surface area contributed by atoms with Gasteiger partial charge in [-0.05, 0) is 37.5 Å². The molecule has 1 fully saturated rings. The molecule has 1 aromatic rings. The van der Waals surface area contributed by atoms with Gasteiger partial charge in [0.05, 0.1) is 13.2 Å². The summed E-state index contributed by atoms with van der Waals surface area (Å²) in [4.78, 5) is 0. The molecule has 1 aromatic carbocycles. The van der Waals surface area contributed by atoms with Crippen molar-refractivity contribution in [1.82, 2.24) is 0 Å². The zero-order valence-corrected chi connectivity index (χ0v) is 12.5. The molecule has 0 amide bonds. The topological polar surface area (TPSA) is 44.5 Å². The van der Waals surface area contributed by atoms with Gasteiger partial charge in [0.25, 0.3) is 0 Å². The van der Waals surface area contributed by atoms with Crippen molar-refractivity contribution in [3.05, 3.63) is 29.3 Å².